The molecule has 1 amide bonds. The van der Waals surface area contributed by atoms with Crippen LogP contribution in [0.1, 0.15) is 28.4 Å². The number of halogens is 2. The number of carbonyl (C=O) groups excluding carboxylic acids is 1. The molecule has 0 saturated carbocycles. The van der Waals surface area contributed by atoms with Crippen LogP contribution in [-0.2, 0) is 6.42 Å². The quantitative estimate of drug-likeness (QED) is 0.829. The normalized spacial score (nSPS) is 12.0. The Bertz CT molecular complexity index is 657. The van der Waals surface area contributed by atoms with E-state index in [4.69, 9.17) is 11.6 Å². The highest BCUT2D eigenvalue weighted by Crippen LogP contribution is 2.19. The van der Waals surface area contributed by atoms with Crippen LogP contribution < -0.4 is 5.32 Å². The average Bonchev–Trinajstić information content (AvgIpc) is 2.41. The van der Waals surface area contributed by atoms with Crippen molar-refractivity contribution in [1.82, 2.24) is 5.32 Å². The molecule has 0 aromatic heterocycles. The summed E-state index contributed by atoms with van der Waals surface area (Å²) in [6.07, 6.45) is 0.703. The van der Waals surface area contributed by atoms with E-state index in [2.05, 4.69) is 21.2 Å². The van der Waals surface area contributed by atoms with E-state index in [0.717, 1.165) is 20.6 Å². The van der Waals surface area contributed by atoms with E-state index in [9.17, 15) is 4.79 Å². The molecule has 0 aliphatic rings. The van der Waals surface area contributed by atoms with Crippen LogP contribution in [0.15, 0.2) is 46.9 Å². The van der Waals surface area contributed by atoms with Crippen LogP contribution in [0.3, 0.4) is 0 Å². The predicted octanol–water partition coefficient (Wildman–Crippen LogP) is 4.77. The van der Waals surface area contributed by atoms with Gasteiger partial charge in [0.05, 0.1) is 5.56 Å². The second kappa shape index (κ2) is 7.10. The van der Waals surface area contributed by atoms with E-state index in [1.54, 1.807) is 0 Å². The number of benzene rings is 2. The van der Waals surface area contributed by atoms with Gasteiger partial charge in [0.2, 0.25) is 0 Å². The molecule has 0 saturated heterocycles. The lowest BCUT2D eigenvalue weighted by atomic mass is 10.1. The summed E-state index contributed by atoms with van der Waals surface area (Å²) >= 11 is 9.58. The zero-order valence-corrected chi connectivity index (χ0v) is 14.3. The van der Waals surface area contributed by atoms with Crippen molar-refractivity contribution in [2.45, 2.75) is 26.3 Å². The van der Waals surface area contributed by atoms with Gasteiger partial charge in [-0.1, -0.05) is 35.9 Å². The van der Waals surface area contributed by atoms with Gasteiger partial charge in [-0.25, -0.2) is 0 Å². The first-order valence-electron chi connectivity index (χ1n) is 6.78. The third-order valence-corrected chi connectivity index (χ3v) is 4.26. The number of nitrogens with one attached hydrogen (secondary N) is 1. The van der Waals surface area contributed by atoms with Crippen molar-refractivity contribution >= 4 is 33.4 Å². The lowest BCUT2D eigenvalue weighted by molar-refractivity contribution is 0.0939. The van der Waals surface area contributed by atoms with Crippen molar-refractivity contribution in [2.24, 2.45) is 0 Å². The molecule has 0 heterocycles. The molecule has 21 heavy (non-hydrogen) atoms. The molecular weight excluding hydrogens is 350 g/mol. The van der Waals surface area contributed by atoms with Gasteiger partial charge in [-0.15, -0.1) is 0 Å². The first kappa shape index (κ1) is 16.1. The highest BCUT2D eigenvalue weighted by atomic mass is 79.9. The first-order valence-corrected chi connectivity index (χ1v) is 7.95. The summed E-state index contributed by atoms with van der Waals surface area (Å²) in [6.45, 7) is 3.97. The molecule has 2 rings (SSSR count). The van der Waals surface area contributed by atoms with Crippen molar-refractivity contribution < 1.29 is 4.79 Å². The molecule has 0 radical (unpaired) electrons. The van der Waals surface area contributed by atoms with Gasteiger partial charge in [0.25, 0.3) is 5.91 Å². The predicted molar refractivity (Wildman–Crippen MR) is 91.0 cm³/mol. The standard InChI is InChI=1S/C17H17BrClNO/c1-11-7-8-14(15(18)9-11)17(21)20-12(2)10-13-5-3-4-6-16(13)19/h3-9,12H,10H2,1-2H3,(H,20,21). The van der Waals surface area contributed by atoms with Crippen molar-refractivity contribution in [1.29, 1.82) is 0 Å². The fraction of sp³-hybridized carbons (Fsp3) is 0.235. The van der Waals surface area contributed by atoms with Crippen LogP contribution in [0.2, 0.25) is 5.02 Å². The minimum absolute atomic E-state index is 0.00519. The number of rotatable bonds is 4. The number of amides is 1. The minimum atomic E-state index is -0.0820. The molecule has 2 aromatic carbocycles. The van der Waals surface area contributed by atoms with Crippen LogP contribution in [0.4, 0.5) is 0 Å². The zero-order chi connectivity index (χ0) is 15.4. The van der Waals surface area contributed by atoms with Crippen LogP contribution in [0, 0.1) is 6.92 Å². The molecule has 0 bridgehead atoms. The lowest BCUT2D eigenvalue weighted by Gasteiger charge is -2.15. The van der Waals surface area contributed by atoms with Crippen LogP contribution in [0.5, 0.6) is 0 Å². The van der Waals surface area contributed by atoms with E-state index in [-0.39, 0.29) is 11.9 Å². The molecule has 4 heteroatoms. The van der Waals surface area contributed by atoms with Crippen molar-refractivity contribution in [2.75, 3.05) is 0 Å². The van der Waals surface area contributed by atoms with Crippen molar-refractivity contribution in [3.8, 4) is 0 Å². The number of hydrogen-bond acceptors (Lipinski definition) is 1. The summed E-state index contributed by atoms with van der Waals surface area (Å²) in [4.78, 5) is 12.3. The van der Waals surface area contributed by atoms with E-state index >= 15 is 0 Å². The topological polar surface area (TPSA) is 29.1 Å². The molecule has 2 aromatic rings. The molecule has 0 fully saturated rings. The van der Waals surface area contributed by atoms with Crippen molar-refractivity contribution in [3.63, 3.8) is 0 Å². The van der Waals surface area contributed by atoms with Gasteiger partial charge in [0, 0.05) is 15.5 Å². The highest BCUT2D eigenvalue weighted by Gasteiger charge is 2.14. The van der Waals surface area contributed by atoms with Crippen LogP contribution >= 0.6 is 27.5 Å². The zero-order valence-electron chi connectivity index (χ0n) is 12.0. The second-order valence-corrected chi connectivity index (χ2v) is 6.41. The van der Waals surface area contributed by atoms with Crippen LogP contribution in [0.25, 0.3) is 0 Å². The largest absolute Gasteiger partial charge is 0.349 e. The number of hydrogen-bond donors (Lipinski definition) is 1. The SMILES string of the molecule is Cc1ccc(C(=O)NC(C)Cc2ccccc2Cl)c(Br)c1. The van der Waals surface area contributed by atoms with Gasteiger partial charge in [0.15, 0.2) is 0 Å². The van der Waals surface area contributed by atoms with Crippen molar-refractivity contribution in [3.05, 3.63) is 68.7 Å². The van der Waals surface area contributed by atoms with E-state index in [1.807, 2.05) is 56.3 Å². The molecule has 110 valence electrons. The molecule has 1 N–H and O–H groups in total. The fourth-order valence-corrected chi connectivity index (χ4v) is 3.04. The Balaban J connectivity index is 2.04. The highest BCUT2D eigenvalue weighted by molar-refractivity contribution is 9.10. The summed E-state index contributed by atoms with van der Waals surface area (Å²) in [5.74, 6) is -0.0820. The number of aryl methyl sites for hydroxylation is 1. The van der Waals surface area contributed by atoms with Gasteiger partial charge in [-0.2, -0.15) is 0 Å². The Labute approximate surface area is 138 Å². The van der Waals surface area contributed by atoms with Gasteiger partial charge < -0.3 is 5.32 Å². The Morgan fingerprint density at radius 3 is 2.67 bits per heavy atom. The summed E-state index contributed by atoms with van der Waals surface area (Å²) in [5, 5.41) is 3.74. The lowest BCUT2D eigenvalue weighted by Crippen LogP contribution is -2.34. The van der Waals surface area contributed by atoms with Gasteiger partial charge in [-0.3, -0.25) is 4.79 Å². The number of carbonyl (C=O) groups is 1. The Kier molecular flexibility index (Phi) is 5.43. The van der Waals surface area contributed by atoms with Gasteiger partial charge >= 0.3 is 0 Å². The first-order chi connectivity index (χ1) is 9.97. The Morgan fingerprint density at radius 1 is 1.29 bits per heavy atom. The molecule has 0 aliphatic heterocycles. The average molecular weight is 367 g/mol. The maximum absolute atomic E-state index is 12.3. The summed E-state index contributed by atoms with van der Waals surface area (Å²) in [7, 11) is 0. The fourth-order valence-electron chi connectivity index (χ4n) is 2.15. The maximum atomic E-state index is 12.3. The second-order valence-electron chi connectivity index (χ2n) is 5.15. The third-order valence-electron chi connectivity index (χ3n) is 3.23. The monoisotopic (exact) mass is 365 g/mol. The van der Waals surface area contributed by atoms with Gasteiger partial charge in [-0.05, 0) is 65.5 Å². The van der Waals surface area contributed by atoms with E-state index in [0.29, 0.717) is 12.0 Å². The smallest absolute Gasteiger partial charge is 0.252 e. The summed E-state index contributed by atoms with van der Waals surface area (Å²) in [6, 6.07) is 13.4. The molecule has 1 atom stereocenters. The Morgan fingerprint density at radius 2 is 2.00 bits per heavy atom. The van der Waals surface area contributed by atoms with Gasteiger partial charge in [0.1, 0.15) is 0 Å². The molecule has 1 unspecified atom stereocenters. The third kappa shape index (κ3) is 4.32. The van der Waals surface area contributed by atoms with Crippen LogP contribution in [-0.4, -0.2) is 11.9 Å². The molecule has 2 nitrogen and oxygen atoms in total. The molecule has 0 aliphatic carbocycles. The maximum Gasteiger partial charge on any atom is 0.252 e. The molecular formula is C17H17BrClNO. The van der Waals surface area contributed by atoms with E-state index in [1.165, 1.54) is 0 Å². The minimum Gasteiger partial charge on any atom is -0.349 e. The summed E-state index contributed by atoms with van der Waals surface area (Å²) in [5.41, 5.74) is 2.80. The Hall–Kier alpha value is -1.32. The summed E-state index contributed by atoms with van der Waals surface area (Å²) < 4.78 is 0.810. The molecule has 0 spiro atoms. The van der Waals surface area contributed by atoms with E-state index < -0.39 is 0 Å².